The molecule has 2 aliphatic heterocycles. The minimum Gasteiger partial charge on any atom is -0.493 e. The Labute approximate surface area is 295 Å². The van der Waals surface area contributed by atoms with E-state index in [4.69, 9.17) is 48.9 Å². The molecule has 4 aromatic carbocycles. The zero-order valence-corrected chi connectivity index (χ0v) is 29.3. The molecule has 0 spiro atoms. The minimum absolute atomic E-state index is 0.0195. The highest BCUT2D eigenvalue weighted by Gasteiger charge is 2.64. The number of esters is 1. The minimum atomic E-state index is -4.02. The number of carbonyl (C=O) groups excluding carboxylic acids is 1. The maximum Gasteiger partial charge on any atom is 0.339 e. The molecular formula is C37H35ClO11S. The van der Waals surface area contributed by atoms with Crippen molar-refractivity contribution >= 4 is 27.7 Å². The van der Waals surface area contributed by atoms with E-state index in [2.05, 4.69) is 0 Å². The van der Waals surface area contributed by atoms with Gasteiger partial charge >= 0.3 is 16.1 Å². The Bertz CT molecular complexity index is 2010. The van der Waals surface area contributed by atoms with Crippen molar-refractivity contribution in [1.82, 2.24) is 0 Å². The Balaban J connectivity index is 1.21. The van der Waals surface area contributed by atoms with Gasteiger partial charge in [0.25, 0.3) is 0 Å². The van der Waals surface area contributed by atoms with Gasteiger partial charge in [-0.2, -0.15) is 8.42 Å². The molecule has 0 amide bonds. The molecule has 7 rings (SSSR count). The van der Waals surface area contributed by atoms with Gasteiger partial charge in [0.05, 0.1) is 46.6 Å². The molecule has 1 saturated heterocycles. The molecule has 0 N–H and O–H groups in total. The fourth-order valence-electron chi connectivity index (χ4n) is 6.89. The van der Waals surface area contributed by atoms with Crippen LogP contribution in [0.4, 0.5) is 0 Å². The lowest BCUT2D eigenvalue weighted by molar-refractivity contribution is -0.140. The molecule has 2 heterocycles. The van der Waals surface area contributed by atoms with E-state index in [0.717, 1.165) is 23.1 Å². The quantitative estimate of drug-likeness (QED) is 0.0981. The van der Waals surface area contributed by atoms with E-state index >= 15 is 0 Å². The van der Waals surface area contributed by atoms with Gasteiger partial charge in [0.15, 0.2) is 27.9 Å². The van der Waals surface area contributed by atoms with Gasteiger partial charge in [-0.15, -0.1) is 11.6 Å². The van der Waals surface area contributed by atoms with Gasteiger partial charge < -0.3 is 37.3 Å². The van der Waals surface area contributed by atoms with Crippen molar-refractivity contribution in [2.75, 3.05) is 34.7 Å². The smallest absolute Gasteiger partial charge is 0.339 e. The maximum absolute atomic E-state index is 13.7. The Morgan fingerprint density at radius 1 is 0.820 bits per heavy atom. The molecule has 3 aliphatic rings. The number of cyclic esters (lactones) is 1. The summed E-state index contributed by atoms with van der Waals surface area (Å²) in [7, 11) is 0.531. The van der Waals surface area contributed by atoms with Gasteiger partial charge in [-0.25, -0.2) is 0 Å². The second kappa shape index (κ2) is 13.2. The third-order valence-corrected chi connectivity index (χ3v) is 11.3. The average Bonchev–Trinajstić information content (AvgIpc) is 3.72. The summed E-state index contributed by atoms with van der Waals surface area (Å²) < 4.78 is 71.7. The fraction of sp³-hybridized carbons (Fsp3) is 0.324. The molecule has 262 valence electrons. The molecule has 4 atom stereocenters. The molecule has 0 aromatic heterocycles. The van der Waals surface area contributed by atoms with Crippen molar-refractivity contribution in [2.24, 2.45) is 5.92 Å². The van der Waals surface area contributed by atoms with E-state index < -0.39 is 38.9 Å². The molecule has 1 aliphatic carbocycles. The van der Waals surface area contributed by atoms with Crippen LogP contribution >= 0.6 is 11.6 Å². The van der Waals surface area contributed by atoms with E-state index in [1.165, 1.54) is 33.5 Å². The molecule has 0 saturated carbocycles. The zero-order chi connectivity index (χ0) is 35.2. The SMILES string of the molecule is CCc1ccc(S(=O)(=O)Oc2ccc(CO[C@H]3c4cc5c(cc4[C@@H](c4cc(OC)c(OC)c(OC)c4)[C@@]4(Cl)C(=O)OC[C@H]34)OCO5)cc2)cc1. The highest BCUT2D eigenvalue weighted by molar-refractivity contribution is 7.87. The number of methoxy groups -OCH3 is 3. The van der Waals surface area contributed by atoms with E-state index in [9.17, 15) is 13.2 Å². The number of hydrogen-bond acceptors (Lipinski definition) is 11. The van der Waals surface area contributed by atoms with E-state index in [0.29, 0.717) is 39.9 Å². The third-order valence-electron chi connectivity index (χ3n) is 9.43. The van der Waals surface area contributed by atoms with Gasteiger partial charge in [0, 0.05) is 5.92 Å². The molecule has 50 heavy (non-hydrogen) atoms. The van der Waals surface area contributed by atoms with Crippen LogP contribution in [0.2, 0.25) is 0 Å². The first-order valence-corrected chi connectivity index (χ1v) is 17.7. The van der Waals surface area contributed by atoms with Gasteiger partial charge in [0.2, 0.25) is 12.5 Å². The number of hydrogen-bond donors (Lipinski definition) is 0. The predicted molar refractivity (Wildman–Crippen MR) is 181 cm³/mol. The lowest BCUT2D eigenvalue weighted by Crippen LogP contribution is -2.48. The van der Waals surface area contributed by atoms with E-state index in [1.54, 1.807) is 48.5 Å². The topological polar surface area (TPSA) is 125 Å². The van der Waals surface area contributed by atoms with Crippen molar-refractivity contribution in [3.05, 3.63) is 101 Å². The zero-order valence-electron chi connectivity index (χ0n) is 27.8. The first-order chi connectivity index (χ1) is 24.1. The third kappa shape index (κ3) is 5.74. The molecule has 11 nitrogen and oxygen atoms in total. The van der Waals surface area contributed by atoms with Crippen molar-refractivity contribution < 1.29 is 50.6 Å². The maximum atomic E-state index is 13.7. The molecule has 0 unspecified atom stereocenters. The molecule has 0 bridgehead atoms. The van der Waals surface area contributed by atoms with Gasteiger partial charge in [-0.3, -0.25) is 4.79 Å². The summed E-state index contributed by atoms with van der Waals surface area (Å²) in [5, 5.41) is 0. The normalized spacial score (nSPS) is 21.9. The summed E-state index contributed by atoms with van der Waals surface area (Å²) in [5.74, 6) is 0.506. The summed E-state index contributed by atoms with van der Waals surface area (Å²) >= 11 is 7.48. The number of carbonyl (C=O) groups is 1. The number of alkyl halides is 1. The number of benzene rings is 4. The summed E-state index contributed by atoms with van der Waals surface area (Å²) in [6.07, 6.45) is 0.106. The average molecular weight is 723 g/mol. The van der Waals surface area contributed by atoms with Gasteiger partial charge in [-0.05, 0) is 82.8 Å². The molecule has 4 aromatic rings. The van der Waals surface area contributed by atoms with E-state index in [1.807, 2.05) is 19.1 Å². The second-order valence-electron chi connectivity index (χ2n) is 12.1. The number of fused-ring (bicyclic) bond motifs is 3. The second-order valence-corrected chi connectivity index (χ2v) is 14.3. The lowest BCUT2D eigenvalue weighted by atomic mass is 9.65. The standard InChI is InChI=1S/C37H35ClO11S/c1-5-21-8-12-25(13-9-21)50(40,41)49-24-10-6-22(7-11-24)18-45-34-27-17-30-29(47-20-48-30)16-26(27)33(37(38)28(34)19-46-36(37)39)23-14-31(42-2)35(44-4)32(15-23)43-3/h6-17,28,33-34H,5,18-20H2,1-4H3/t28-,33-,34+,37-/m1/s1. The van der Waals surface area contributed by atoms with E-state index in [-0.39, 0.29) is 30.7 Å². The lowest BCUT2D eigenvalue weighted by Gasteiger charge is -2.43. The summed E-state index contributed by atoms with van der Waals surface area (Å²) in [6, 6.07) is 20.4. The predicted octanol–water partition coefficient (Wildman–Crippen LogP) is 6.33. The van der Waals surface area contributed by atoms with Gasteiger partial charge in [-0.1, -0.05) is 31.2 Å². The first kappa shape index (κ1) is 33.8. The Morgan fingerprint density at radius 3 is 2.04 bits per heavy atom. The van der Waals surface area contributed by atoms with Crippen LogP contribution in [0.15, 0.2) is 77.7 Å². The number of rotatable bonds is 11. The van der Waals surface area contributed by atoms with Crippen LogP contribution < -0.4 is 27.9 Å². The Morgan fingerprint density at radius 2 is 1.44 bits per heavy atom. The fourth-order valence-corrected chi connectivity index (χ4v) is 8.30. The highest BCUT2D eigenvalue weighted by Crippen LogP contribution is 2.61. The summed E-state index contributed by atoms with van der Waals surface area (Å²) in [6.45, 7) is 2.17. The monoisotopic (exact) mass is 722 g/mol. The molecular weight excluding hydrogens is 688 g/mol. The summed E-state index contributed by atoms with van der Waals surface area (Å²) in [5.41, 5.74) is 3.85. The van der Waals surface area contributed by atoms with Crippen LogP contribution in [-0.4, -0.2) is 54.0 Å². The Kier molecular flexibility index (Phi) is 8.96. The highest BCUT2D eigenvalue weighted by atomic mass is 35.5. The molecule has 1 fully saturated rings. The van der Waals surface area contributed by atoms with Crippen LogP contribution in [0.1, 0.15) is 46.8 Å². The van der Waals surface area contributed by atoms with Gasteiger partial charge in [0.1, 0.15) is 10.6 Å². The van der Waals surface area contributed by atoms with Crippen molar-refractivity contribution in [3.63, 3.8) is 0 Å². The van der Waals surface area contributed by atoms with Crippen molar-refractivity contribution in [3.8, 4) is 34.5 Å². The molecule has 0 radical (unpaired) electrons. The number of ether oxygens (including phenoxy) is 7. The number of halogens is 1. The van der Waals surface area contributed by atoms with Crippen LogP contribution in [0.5, 0.6) is 34.5 Å². The Hall–Kier alpha value is -4.65. The van der Waals surface area contributed by atoms with Crippen LogP contribution in [-0.2, 0) is 37.4 Å². The van der Waals surface area contributed by atoms with Crippen molar-refractivity contribution in [1.29, 1.82) is 0 Å². The van der Waals surface area contributed by atoms with Crippen LogP contribution in [0.3, 0.4) is 0 Å². The number of aryl methyl sites for hydroxylation is 1. The molecule has 13 heteroatoms. The van der Waals surface area contributed by atoms with Crippen LogP contribution in [0, 0.1) is 5.92 Å². The van der Waals surface area contributed by atoms with Crippen LogP contribution in [0.25, 0.3) is 0 Å². The first-order valence-electron chi connectivity index (χ1n) is 15.9. The van der Waals surface area contributed by atoms with Crippen molar-refractivity contribution in [2.45, 2.75) is 41.7 Å². The largest absolute Gasteiger partial charge is 0.493 e. The summed E-state index contributed by atoms with van der Waals surface area (Å²) in [4.78, 5) is 12.2.